The van der Waals surface area contributed by atoms with Crippen LogP contribution in [0.1, 0.15) is 69.4 Å². The zero-order valence-electron chi connectivity index (χ0n) is 17.1. The summed E-state index contributed by atoms with van der Waals surface area (Å²) in [4.78, 5) is 14.6. The van der Waals surface area contributed by atoms with Gasteiger partial charge in [-0.25, -0.2) is 0 Å². The number of unbranched alkanes of at least 4 members (excludes halogenated alkanes) is 1. The molecule has 0 amide bonds. The van der Waals surface area contributed by atoms with Crippen molar-refractivity contribution in [1.82, 2.24) is 0 Å². The summed E-state index contributed by atoms with van der Waals surface area (Å²) < 4.78 is 0. The van der Waals surface area contributed by atoms with E-state index in [1.165, 1.54) is 21.6 Å². The maximum Gasteiger partial charge on any atom is 0.172 e. The highest BCUT2D eigenvalue weighted by Gasteiger charge is 2.19. The van der Waals surface area contributed by atoms with Crippen LogP contribution in [0.2, 0.25) is 0 Å². The van der Waals surface area contributed by atoms with Gasteiger partial charge in [-0.1, -0.05) is 18.2 Å². The number of aliphatic hydroxyl groups excluding tert-OH is 1. The van der Waals surface area contributed by atoms with Crippen LogP contribution in [0, 0.1) is 20.8 Å². The number of carbonyl (C=O) groups excluding carboxylic acids is 1. The van der Waals surface area contributed by atoms with Crippen molar-refractivity contribution in [2.45, 2.75) is 71.8 Å². The molecule has 3 N–H and O–H groups in total. The number of thiophene rings is 1. The Morgan fingerprint density at radius 3 is 2.48 bits per heavy atom. The minimum absolute atomic E-state index is 0.0241. The molecule has 3 nitrogen and oxygen atoms in total. The van der Waals surface area contributed by atoms with Crippen LogP contribution in [0.5, 0.6) is 0 Å². The molecular weight excluding hydrogens is 354 g/mol. The number of ketones is 1. The number of hydrogen-bond acceptors (Lipinski definition) is 4. The molecule has 0 saturated carbocycles. The molecule has 0 radical (unpaired) electrons. The van der Waals surface area contributed by atoms with Gasteiger partial charge in [0.05, 0.1) is 11.5 Å². The van der Waals surface area contributed by atoms with Crippen LogP contribution < -0.4 is 5.73 Å². The lowest BCUT2D eigenvalue weighted by Crippen LogP contribution is -2.40. The summed E-state index contributed by atoms with van der Waals surface area (Å²) in [5.74, 6) is 0.243. The van der Waals surface area contributed by atoms with Gasteiger partial charge in [-0.15, -0.1) is 11.3 Å². The van der Waals surface area contributed by atoms with Crippen molar-refractivity contribution in [2.24, 2.45) is 5.73 Å². The summed E-state index contributed by atoms with van der Waals surface area (Å²) >= 11 is 1.59. The van der Waals surface area contributed by atoms with Crippen molar-refractivity contribution in [3.63, 3.8) is 0 Å². The van der Waals surface area contributed by atoms with Gasteiger partial charge in [0, 0.05) is 16.8 Å². The molecule has 0 bridgehead atoms. The third-order valence-corrected chi connectivity index (χ3v) is 6.61. The first-order valence-corrected chi connectivity index (χ1v) is 10.6. The molecule has 2 rings (SSSR count). The van der Waals surface area contributed by atoms with Gasteiger partial charge in [-0.3, -0.25) is 4.79 Å². The molecule has 1 heterocycles. The molecule has 1 aromatic heterocycles. The van der Waals surface area contributed by atoms with Crippen LogP contribution in [0.4, 0.5) is 0 Å². The van der Waals surface area contributed by atoms with Crippen molar-refractivity contribution in [2.75, 3.05) is 6.61 Å². The molecule has 4 heteroatoms. The first-order valence-electron chi connectivity index (χ1n) is 9.80. The average Bonchev–Trinajstić information content (AvgIpc) is 3.01. The molecule has 0 saturated heterocycles. The summed E-state index contributed by atoms with van der Waals surface area (Å²) in [6.07, 6.45) is 5.12. The number of benzene rings is 1. The molecule has 2 aromatic rings. The molecule has 27 heavy (non-hydrogen) atoms. The van der Waals surface area contributed by atoms with Gasteiger partial charge in [0.2, 0.25) is 0 Å². The minimum Gasteiger partial charge on any atom is -0.394 e. The maximum atomic E-state index is 12.5. The summed E-state index contributed by atoms with van der Waals surface area (Å²) in [5, 5.41) is 9.29. The molecule has 1 unspecified atom stereocenters. The predicted molar refractivity (Wildman–Crippen MR) is 115 cm³/mol. The Kier molecular flexibility index (Phi) is 7.78. The number of carbonyl (C=O) groups is 1. The monoisotopic (exact) mass is 387 g/mol. The van der Waals surface area contributed by atoms with Crippen LogP contribution in [0.25, 0.3) is 0 Å². The molecule has 148 valence electrons. The molecule has 0 fully saturated rings. The number of nitrogens with two attached hydrogens (primary N) is 1. The van der Waals surface area contributed by atoms with Crippen LogP contribution in [0.15, 0.2) is 24.3 Å². The van der Waals surface area contributed by atoms with E-state index < -0.39 is 5.54 Å². The number of Topliss-reactive ketones (excluding diaryl/α,β-unsaturated/α-hetero) is 1. The second kappa shape index (κ2) is 9.63. The van der Waals surface area contributed by atoms with Gasteiger partial charge in [0.1, 0.15) is 0 Å². The van der Waals surface area contributed by atoms with Crippen molar-refractivity contribution >= 4 is 17.1 Å². The van der Waals surface area contributed by atoms with Gasteiger partial charge in [-0.05, 0) is 88.1 Å². The van der Waals surface area contributed by atoms with E-state index in [2.05, 4.69) is 39.0 Å². The third kappa shape index (κ3) is 6.56. The molecule has 0 aliphatic rings. The first-order chi connectivity index (χ1) is 12.7. The highest BCUT2D eigenvalue weighted by molar-refractivity contribution is 7.14. The van der Waals surface area contributed by atoms with Gasteiger partial charge >= 0.3 is 0 Å². The van der Waals surface area contributed by atoms with Crippen molar-refractivity contribution < 1.29 is 9.90 Å². The van der Waals surface area contributed by atoms with Gasteiger partial charge < -0.3 is 10.8 Å². The second-order valence-corrected chi connectivity index (χ2v) is 9.21. The predicted octanol–water partition coefficient (Wildman–Crippen LogP) is 4.91. The quantitative estimate of drug-likeness (QED) is 0.450. The SMILES string of the molecule is Cc1ccc(CCCCC(=O)c2cc(C)c(CCC(C)(N)CO)s2)cc1C. The van der Waals surface area contributed by atoms with Crippen LogP contribution in [0.3, 0.4) is 0 Å². The molecule has 1 aromatic carbocycles. The Balaban J connectivity index is 1.82. The van der Waals surface area contributed by atoms with Crippen LogP contribution in [-0.4, -0.2) is 23.0 Å². The highest BCUT2D eigenvalue weighted by Crippen LogP contribution is 2.26. The number of aryl methyl sites for hydroxylation is 5. The summed E-state index contributed by atoms with van der Waals surface area (Å²) in [6.45, 7) is 8.16. The smallest absolute Gasteiger partial charge is 0.172 e. The van der Waals surface area contributed by atoms with Crippen molar-refractivity contribution in [1.29, 1.82) is 0 Å². The normalized spacial score (nSPS) is 13.6. The summed E-state index contributed by atoms with van der Waals surface area (Å²) in [6, 6.07) is 8.63. The number of aliphatic hydroxyl groups is 1. The Bertz CT molecular complexity index is 777. The number of hydrogen-bond donors (Lipinski definition) is 2. The molecule has 0 spiro atoms. The summed E-state index contributed by atoms with van der Waals surface area (Å²) in [5.41, 5.74) is 10.6. The van der Waals surface area contributed by atoms with E-state index >= 15 is 0 Å². The molecule has 1 atom stereocenters. The average molecular weight is 388 g/mol. The lowest BCUT2D eigenvalue weighted by molar-refractivity contribution is 0.0983. The standard InChI is InChI=1S/C23H33NO2S/c1-16-9-10-19(13-17(16)2)7-5-6-8-20(26)22-14-18(3)21(27-22)11-12-23(4,24)15-25/h9-10,13-14,25H,5-8,11-12,15,24H2,1-4H3. The Morgan fingerprint density at radius 2 is 1.81 bits per heavy atom. The van der Waals surface area contributed by atoms with Crippen molar-refractivity contribution in [3.8, 4) is 0 Å². The van der Waals surface area contributed by atoms with Crippen LogP contribution >= 0.6 is 11.3 Å². The van der Waals surface area contributed by atoms with Gasteiger partial charge in [-0.2, -0.15) is 0 Å². The second-order valence-electron chi connectivity index (χ2n) is 8.08. The fourth-order valence-corrected chi connectivity index (χ4v) is 4.22. The third-order valence-electron chi connectivity index (χ3n) is 5.27. The van der Waals surface area contributed by atoms with E-state index in [1.807, 2.05) is 13.0 Å². The van der Waals surface area contributed by atoms with Crippen LogP contribution in [-0.2, 0) is 12.8 Å². The van der Waals surface area contributed by atoms with Crippen molar-refractivity contribution in [3.05, 3.63) is 56.3 Å². The fourth-order valence-electron chi connectivity index (χ4n) is 3.08. The van der Waals surface area contributed by atoms with E-state index in [1.54, 1.807) is 11.3 Å². The Hall–Kier alpha value is -1.49. The fraction of sp³-hybridized carbons (Fsp3) is 0.522. The van der Waals surface area contributed by atoms with E-state index in [0.29, 0.717) is 12.8 Å². The molecule has 0 aliphatic carbocycles. The topological polar surface area (TPSA) is 63.3 Å². The molecule has 0 aliphatic heterocycles. The minimum atomic E-state index is -0.561. The highest BCUT2D eigenvalue weighted by atomic mass is 32.1. The van der Waals surface area contributed by atoms with E-state index in [-0.39, 0.29) is 12.4 Å². The lowest BCUT2D eigenvalue weighted by atomic mass is 9.97. The zero-order valence-corrected chi connectivity index (χ0v) is 17.9. The van der Waals surface area contributed by atoms with Gasteiger partial charge in [0.15, 0.2) is 5.78 Å². The summed E-state index contributed by atoms with van der Waals surface area (Å²) in [7, 11) is 0. The van der Waals surface area contributed by atoms with E-state index in [4.69, 9.17) is 5.73 Å². The lowest BCUT2D eigenvalue weighted by Gasteiger charge is -2.21. The number of rotatable bonds is 10. The Morgan fingerprint density at radius 1 is 1.07 bits per heavy atom. The molecular formula is C23H33NO2S. The van der Waals surface area contributed by atoms with E-state index in [9.17, 15) is 9.90 Å². The van der Waals surface area contributed by atoms with Gasteiger partial charge in [0.25, 0.3) is 0 Å². The first kappa shape index (κ1) is 21.8. The zero-order chi connectivity index (χ0) is 20.0. The maximum absolute atomic E-state index is 12.5. The largest absolute Gasteiger partial charge is 0.394 e. The Labute approximate surface area is 167 Å². The van der Waals surface area contributed by atoms with E-state index in [0.717, 1.165) is 36.1 Å².